The monoisotopic (exact) mass is 293 g/mol. The number of ether oxygens (including phenoxy) is 2. The van der Waals surface area contributed by atoms with Gasteiger partial charge in [-0.25, -0.2) is 4.79 Å². The average Bonchev–Trinajstić information content (AvgIpc) is 3.31. The Morgan fingerprint density at radius 3 is 2.10 bits per heavy atom. The lowest BCUT2D eigenvalue weighted by Gasteiger charge is -2.26. The van der Waals surface area contributed by atoms with Crippen LogP contribution in [0, 0.1) is 0 Å². The van der Waals surface area contributed by atoms with Crippen molar-refractivity contribution in [1.82, 2.24) is 4.90 Å². The zero-order chi connectivity index (χ0) is 15.6. The Balaban J connectivity index is 2.34. The minimum atomic E-state index is -1.01. The van der Waals surface area contributed by atoms with Crippen LogP contribution in [0.5, 0.6) is 11.5 Å². The van der Waals surface area contributed by atoms with E-state index in [0.29, 0.717) is 17.1 Å². The predicted octanol–water partition coefficient (Wildman–Crippen LogP) is 1.78. The van der Waals surface area contributed by atoms with E-state index in [9.17, 15) is 14.7 Å². The van der Waals surface area contributed by atoms with Gasteiger partial charge in [0.1, 0.15) is 17.5 Å². The molecule has 0 heterocycles. The molecule has 6 nitrogen and oxygen atoms in total. The van der Waals surface area contributed by atoms with Crippen molar-refractivity contribution in [3.8, 4) is 11.5 Å². The van der Waals surface area contributed by atoms with Crippen LogP contribution in [0.1, 0.15) is 30.1 Å². The van der Waals surface area contributed by atoms with E-state index in [4.69, 9.17) is 9.47 Å². The Hall–Kier alpha value is -2.24. The van der Waals surface area contributed by atoms with Crippen molar-refractivity contribution in [2.45, 2.75) is 31.8 Å². The molecule has 114 valence electrons. The number of benzene rings is 1. The molecule has 1 fully saturated rings. The highest BCUT2D eigenvalue weighted by Crippen LogP contribution is 2.32. The molecule has 0 radical (unpaired) electrons. The van der Waals surface area contributed by atoms with Gasteiger partial charge in [-0.3, -0.25) is 4.79 Å². The minimum Gasteiger partial charge on any atom is -0.497 e. The number of amides is 1. The lowest BCUT2D eigenvalue weighted by atomic mass is 10.1. The van der Waals surface area contributed by atoms with E-state index >= 15 is 0 Å². The van der Waals surface area contributed by atoms with E-state index in [-0.39, 0.29) is 11.9 Å². The largest absolute Gasteiger partial charge is 0.497 e. The van der Waals surface area contributed by atoms with Gasteiger partial charge in [-0.05, 0) is 31.9 Å². The van der Waals surface area contributed by atoms with Gasteiger partial charge in [0.25, 0.3) is 5.91 Å². The zero-order valence-corrected chi connectivity index (χ0v) is 12.3. The zero-order valence-electron chi connectivity index (χ0n) is 12.3. The van der Waals surface area contributed by atoms with E-state index in [1.807, 2.05) is 0 Å². The summed E-state index contributed by atoms with van der Waals surface area (Å²) in [6.07, 6.45) is 1.68. The van der Waals surface area contributed by atoms with Crippen LogP contribution in [-0.2, 0) is 4.79 Å². The lowest BCUT2D eigenvalue weighted by Crippen LogP contribution is -2.44. The highest BCUT2D eigenvalue weighted by Gasteiger charge is 2.39. The maximum absolute atomic E-state index is 12.7. The summed E-state index contributed by atoms with van der Waals surface area (Å²) in [5.41, 5.74) is 0.367. The van der Waals surface area contributed by atoms with E-state index in [1.54, 1.807) is 18.2 Å². The van der Waals surface area contributed by atoms with Crippen molar-refractivity contribution in [2.24, 2.45) is 0 Å². The molecule has 21 heavy (non-hydrogen) atoms. The van der Waals surface area contributed by atoms with E-state index < -0.39 is 12.0 Å². The summed E-state index contributed by atoms with van der Waals surface area (Å²) in [6.45, 7) is 1.52. The first kappa shape index (κ1) is 15.2. The standard InChI is InChI=1S/C15H19NO5/c1-9(15(18)19)16(11-4-5-11)14(17)10-6-12(20-2)8-13(7-10)21-3/h6-9,11H,4-5H2,1-3H3,(H,18,19). The van der Waals surface area contributed by atoms with Crippen LogP contribution in [0.15, 0.2) is 18.2 Å². The number of nitrogens with zero attached hydrogens (tertiary/aromatic N) is 1. The number of carboxylic acids is 1. The third-order valence-corrected chi connectivity index (χ3v) is 3.55. The van der Waals surface area contributed by atoms with Gasteiger partial charge >= 0.3 is 5.97 Å². The van der Waals surface area contributed by atoms with Gasteiger partial charge in [-0.2, -0.15) is 0 Å². The van der Waals surface area contributed by atoms with Crippen LogP contribution < -0.4 is 9.47 Å². The molecule has 1 aromatic carbocycles. The number of hydrogen-bond donors (Lipinski definition) is 1. The summed E-state index contributed by atoms with van der Waals surface area (Å²) in [4.78, 5) is 25.3. The number of carbonyl (C=O) groups excluding carboxylic acids is 1. The van der Waals surface area contributed by atoms with Crippen LogP contribution in [0.3, 0.4) is 0 Å². The fourth-order valence-corrected chi connectivity index (χ4v) is 2.21. The fourth-order valence-electron chi connectivity index (χ4n) is 2.21. The van der Waals surface area contributed by atoms with Gasteiger partial charge in [-0.1, -0.05) is 0 Å². The van der Waals surface area contributed by atoms with Crippen molar-refractivity contribution in [1.29, 1.82) is 0 Å². The molecule has 0 spiro atoms. The smallest absolute Gasteiger partial charge is 0.326 e. The number of methoxy groups -OCH3 is 2. The number of carbonyl (C=O) groups is 2. The molecule has 0 aliphatic heterocycles. The van der Waals surface area contributed by atoms with Gasteiger partial charge in [0.05, 0.1) is 14.2 Å². The molecule has 1 aromatic rings. The van der Waals surface area contributed by atoms with Gasteiger partial charge in [-0.15, -0.1) is 0 Å². The van der Waals surface area contributed by atoms with Crippen molar-refractivity contribution < 1.29 is 24.2 Å². The third kappa shape index (κ3) is 3.26. The molecule has 6 heteroatoms. The van der Waals surface area contributed by atoms with Crippen molar-refractivity contribution in [3.63, 3.8) is 0 Å². The van der Waals surface area contributed by atoms with Gasteiger partial charge in [0, 0.05) is 17.7 Å². The Labute approximate surface area is 123 Å². The van der Waals surface area contributed by atoms with Crippen molar-refractivity contribution >= 4 is 11.9 Å². The maximum Gasteiger partial charge on any atom is 0.326 e. The summed E-state index contributed by atoms with van der Waals surface area (Å²) in [7, 11) is 3.00. The SMILES string of the molecule is COc1cc(OC)cc(C(=O)N(C2CC2)C(C)C(=O)O)c1. The van der Waals surface area contributed by atoms with E-state index in [2.05, 4.69) is 0 Å². The highest BCUT2D eigenvalue weighted by atomic mass is 16.5. The van der Waals surface area contributed by atoms with Gasteiger partial charge < -0.3 is 19.5 Å². The Morgan fingerprint density at radius 1 is 1.19 bits per heavy atom. The third-order valence-electron chi connectivity index (χ3n) is 3.55. The summed E-state index contributed by atoms with van der Waals surface area (Å²) in [5.74, 6) is -0.331. The second-order valence-corrected chi connectivity index (χ2v) is 5.06. The Morgan fingerprint density at radius 2 is 1.71 bits per heavy atom. The van der Waals surface area contributed by atoms with E-state index in [1.165, 1.54) is 26.0 Å². The molecule has 1 saturated carbocycles. The Kier molecular flexibility index (Phi) is 4.35. The Bertz CT molecular complexity index is 531. The fraction of sp³-hybridized carbons (Fsp3) is 0.467. The van der Waals surface area contributed by atoms with E-state index in [0.717, 1.165) is 12.8 Å². The first-order valence-electron chi connectivity index (χ1n) is 6.76. The topological polar surface area (TPSA) is 76.1 Å². The summed E-state index contributed by atoms with van der Waals surface area (Å²) >= 11 is 0. The number of carboxylic acid groups (broad SMARTS) is 1. The molecular weight excluding hydrogens is 274 g/mol. The molecule has 1 amide bonds. The maximum atomic E-state index is 12.7. The summed E-state index contributed by atoms with van der Waals surface area (Å²) in [6, 6.07) is 3.99. The van der Waals surface area contributed by atoms with Gasteiger partial charge in [0.2, 0.25) is 0 Å². The second-order valence-electron chi connectivity index (χ2n) is 5.06. The molecule has 2 rings (SSSR count). The molecule has 1 aliphatic rings. The number of hydrogen-bond acceptors (Lipinski definition) is 4. The summed E-state index contributed by atoms with van der Waals surface area (Å²) < 4.78 is 10.3. The van der Waals surface area contributed by atoms with Crippen molar-refractivity contribution in [3.05, 3.63) is 23.8 Å². The van der Waals surface area contributed by atoms with Crippen LogP contribution in [0.2, 0.25) is 0 Å². The average molecular weight is 293 g/mol. The van der Waals surface area contributed by atoms with Crippen molar-refractivity contribution in [2.75, 3.05) is 14.2 Å². The molecule has 1 N–H and O–H groups in total. The quantitative estimate of drug-likeness (QED) is 0.865. The van der Waals surface area contributed by atoms with Crippen LogP contribution in [0.25, 0.3) is 0 Å². The van der Waals surface area contributed by atoms with Gasteiger partial charge in [0.15, 0.2) is 0 Å². The molecule has 0 saturated heterocycles. The molecular formula is C15H19NO5. The molecule has 0 bridgehead atoms. The lowest BCUT2D eigenvalue weighted by molar-refractivity contribution is -0.141. The summed E-state index contributed by atoms with van der Waals surface area (Å²) in [5, 5.41) is 9.18. The molecule has 1 atom stereocenters. The van der Waals surface area contributed by atoms with Crippen LogP contribution in [0.4, 0.5) is 0 Å². The number of aliphatic carboxylic acids is 1. The highest BCUT2D eigenvalue weighted by molar-refractivity contribution is 5.97. The molecule has 0 aromatic heterocycles. The predicted molar refractivity (Wildman–Crippen MR) is 75.8 cm³/mol. The first-order valence-corrected chi connectivity index (χ1v) is 6.76. The molecule has 1 aliphatic carbocycles. The normalized spacial score (nSPS) is 15.2. The number of rotatable bonds is 6. The van der Waals surface area contributed by atoms with Crippen LogP contribution in [-0.4, -0.2) is 48.2 Å². The second kappa shape index (κ2) is 6.03. The first-order chi connectivity index (χ1) is 9.97. The van der Waals surface area contributed by atoms with Crippen LogP contribution >= 0.6 is 0 Å². The minimum absolute atomic E-state index is 0.000737. The molecule has 1 unspecified atom stereocenters.